The highest BCUT2D eigenvalue weighted by Crippen LogP contribution is 2.26. The smallest absolute Gasteiger partial charge is 0.0449 e. The molecule has 0 bridgehead atoms. The van der Waals surface area contributed by atoms with Gasteiger partial charge in [-0.25, -0.2) is 0 Å². The third-order valence-electron chi connectivity index (χ3n) is 3.06. The molecule has 1 nitrogen and oxygen atoms in total. The monoisotopic (exact) mass is 449 g/mol. The lowest BCUT2D eigenvalue weighted by Crippen LogP contribution is -2.19. The highest BCUT2D eigenvalue weighted by atomic mass is 127. The molecule has 0 saturated carbocycles. The van der Waals surface area contributed by atoms with E-state index in [0.717, 1.165) is 21.5 Å². The second kappa shape index (κ2) is 7.07. The first-order chi connectivity index (χ1) is 9.10. The quantitative estimate of drug-likeness (QED) is 0.631. The molecule has 2 rings (SSSR count). The summed E-state index contributed by atoms with van der Waals surface area (Å²) >= 11 is 12.0. The predicted octanol–water partition coefficient (Wildman–Crippen LogP) is 5.21. The van der Waals surface area contributed by atoms with Crippen molar-refractivity contribution in [1.29, 1.82) is 0 Å². The molecule has 0 amide bonds. The van der Waals surface area contributed by atoms with Crippen LogP contribution in [0.25, 0.3) is 0 Å². The van der Waals surface area contributed by atoms with Gasteiger partial charge < -0.3 is 5.32 Å². The zero-order chi connectivity index (χ0) is 13.8. The van der Waals surface area contributed by atoms with Crippen LogP contribution in [0.4, 0.5) is 0 Å². The minimum absolute atomic E-state index is 0.274. The molecule has 0 aliphatic heterocycles. The molecule has 1 atom stereocenters. The summed E-state index contributed by atoms with van der Waals surface area (Å²) in [5, 5.41) is 4.16. The molecule has 0 fully saturated rings. The molecule has 2 aromatic rings. The summed E-state index contributed by atoms with van der Waals surface area (Å²) in [6, 6.07) is 14.9. The SMILES string of the molecule is CNC(Cc1ccc(Br)cc1Cl)c1ccc(I)cc1. The summed E-state index contributed by atoms with van der Waals surface area (Å²) < 4.78 is 2.26. The van der Waals surface area contributed by atoms with Gasteiger partial charge in [0.25, 0.3) is 0 Å². The molecule has 0 saturated heterocycles. The Bertz CT molecular complexity index is 557. The fourth-order valence-electron chi connectivity index (χ4n) is 1.99. The van der Waals surface area contributed by atoms with Crippen molar-refractivity contribution in [3.05, 3.63) is 66.7 Å². The summed E-state index contributed by atoms with van der Waals surface area (Å²) in [6.45, 7) is 0. The highest BCUT2D eigenvalue weighted by Gasteiger charge is 2.12. The Morgan fingerprint density at radius 1 is 1.21 bits per heavy atom. The van der Waals surface area contributed by atoms with Gasteiger partial charge in [0.1, 0.15) is 0 Å². The topological polar surface area (TPSA) is 12.0 Å². The van der Waals surface area contributed by atoms with Crippen molar-refractivity contribution in [2.24, 2.45) is 0 Å². The summed E-state index contributed by atoms with van der Waals surface area (Å²) in [6.07, 6.45) is 0.878. The Labute approximate surface area is 141 Å². The molecular weight excluding hydrogens is 436 g/mol. The van der Waals surface area contributed by atoms with Gasteiger partial charge in [0, 0.05) is 19.1 Å². The first kappa shape index (κ1) is 15.3. The van der Waals surface area contributed by atoms with E-state index in [1.165, 1.54) is 9.13 Å². The van der Waals surface area contributed by atoms with Gasteiger partial charge in [0.15, 0.2) is 0 Å². The lowest BCUT2D eigenvalue weighted by atomic mass is 9.99. The Morgan fingerprint density at radius 3 is 2.47 bits per heavy atom. The van der Waals surface area contributed by atoms with Gasteiger partial charge >= 0.3 is 0 Å². The zero-order valence-electron chi connectivity index (χ0n) is 10.5. The predicted molar refractivity (Wildman–Crippen MR) is 93.8 cm³/mol. The molecular formula is C15H14BrClIN. The second-order valence-electron chi connectivity index (χ2n) is 4.33. The van der Waals surface area contributed by atoms with Crippen LogP contribution in [0.3, 0.4) is 0 Å². The number of hydrogen-bond donors (Lipinski definition) is 1. The normalized spacial score (nSPS) is 12.4. The van der Waals surface area contributed by atoms with Crippen molar-refractivity contribution >= 4 is 50.1 Å². The van der Waals surface area contributed by atoms with Crippen LogP contribution in [0, 0.1) is 3.57 Å². The van der Waals surface area contributed by atoms with Gasteiger partial charge in [-0.05, 0) is 71.5 Å². The van der Waals surface area contributed by atoms with Crippen LogP contribution in [0.15, 0.2) is 46.9 Å². The molecule has 19 heavy (non-hydrogen) atoms. The molecule has 1 unspecified atom stereocenters. The number of likely N-dealkylation sites (N-methyl/N-ethyl adjacent to an activating group) is 1. The van der Waals surface area contributed by atoms with E-state index in [1.54, 1.807) is 0 Å². The Kier molecular flexibility index (Phi) is 5.69. The lowest BCUT2D eigenvalue weighted by Gasteiger charge is -2.18. The van der Waals surface area contributed by atoms with Gasteiger partial charge in [-0.1, -0.05) is 45.7 Å². The molecule has 1 N–H and O–H groups in total. The van der Waals surface area contributed by atoms with E-state index in [9.17, 15) is 0 Å². The van der Waals surface area contributed by atoms with Crippen LogP contribution in [-0.2, 0) is 6.42 Å². The number of hydrogen-bond acceptors (Lipinski definition) is 1. The molecule has 0 aliphatic rings. The van der Waals surface area contributed by atoms with E-state index < -0.39 is 0 Å². The van der Waals surface area contributed by atoms with Crippen LogP contribution < -0.4 is 5.32 Å². The maximum atomic E-state index is 6.28. The van der Waals surface area contributed by atoms with E-state index in [4.69, 9.17) is 11.6 Å². The van der Waals surface area contributed by atoms with Gasteiger partial charge in [-0.3, -0.25) is 0 Å². The summed E-state index contributed by atoms with van der Waals surface area (Å²) in [5.41, 5.74) is 2.43. The van der Waals surface area contributed by atoms with Crippen molar-refractivity contribution < 1.29 is 0 Å². The molecule has 100 valence electrons. The Balaban J connectivity index is 2.21. The number of rotatable bonds is 4. The van der Waals surface area contributed by atoms with E-state index >= 15 is 0 Å². The van der Waals surface area contributed by atoms with E-state index in [1.807, 2.05) is 19.2 Å². The third-order valence-corrected chi connectivity index (χ3v) is 4.62. The minimum atomic E-state index is 0.274. The summed E-state index contributed by atoms with van der Waals surface area (Å²) in [7, 11) is 1.98. The van der Waals surface area contributed by atoms with Gasteiger partial charge in [-0.15, -0.1) is 0 Å². The van der Waals surface area contributed by atoms with E-state index in [0.29, 0.717) is 0 Å². The lowest BCUT2D eigenvalue weighted by molar-refractivity contribution is 0.592. The van der Waals surface area contributed by atoms with Gasteiger partial charge in [0.2, 0.25) is 0 Å². The number of halogens is 3. The van der Waals surface area contributed by atoms with Crippen LogP contribution in [-0.4, -0.2) is 7.05 Å². The van der Waals surface area contributed by atoms with Crippen LogP contribution in [0.1, 0.15) is 17.2 Å². The molecule has 2 aromatic carbocycles. The minimum Gasteiger partial charge on any atom is -0.313 e. The highest BCUT2D eigenvalue weighted by molar-refractivity contribution is 14.1. The maximum Gasteiger partial charge on any atom is 0.0449 e. The summed E-state index contributed by atoms with van der Waals surface area (Å²) in [4.78, 5) is 0. The van der Waals surface area contributed by atoms with Crippen molar-refractivity contribution in [3.8, 4) is 0 Å². The molecule has 0 aromatic heterocycles. The van der Waals surface area contributed by atoms with Crippen LogP contribution >= 0.6 is 50.1 Å². The molecule has 0 radical (unpaired) electrons. The maximum absolute atomic E-state index is 6.28. The Morgan fingerprint density at radius 2 is 1.89 bits per heavy atom. The van der Waals surface area contributed by atoms with E-state index in [2.05, 4.69) is 74.2 Å². The van der Waals surface area contributed by atoms with Crippen molar-refractivity contribution in [2.75, 3.05) is 7.05 Å². The van der Waals surface area contributed by atoms with Crippen molar-refractivity contribution in [3.63, 3.8) is 0 Å². The number of nitrogens with one attached hydrogen (secondary N) is 1. The average molecular weight is 451 g/mol. The van der Waals surface area contributed by atoms with E-state index in [-0.39, 0.29) is 6.04 Å². The first-order valence-electron chi connectivity index (χ1n) is 5.97. The third kappa shape index (κ3) is 4.18. The molecule has 4 heteroatoms. The Hall–Kier alpha value is -0.100. The van der Waals surface area contributed by atoms with Gasteiger partial charge in [-0.2, -0.15) is 0 Å². The largest absolute Gasteiger partial charge is 0.313 e. The fraction of sp³-hybridized carbons (Fsp3) is 0.200. The number of benzene rings is 2. The zero-order valence-corrected chi connectivity index (χ0v) is 15.0. The first-order valence-corrected chi connectivity index (χ1v) is 8.22. The summed E-state index contributed by atoms with van der Waals surface area (Å²) in [5.74, 6) is 0. The average Bonchev–Trinajstić information content (AvgIpc) is 2.39. The van der Waals surface area contributed by atoms with Crippen LogP contribution in [0.2, 0.25) is 5.02 Å². The second-order valence-corrected chi connectivity index (χ2v) is 6.90. The molecule has 0 aliphatic carbocycles. The van der Waals surface area contributed by atoms with Crippen LogP contribution in [0.5, 0.6) is 0 Å². The van der Waals surface area contributed by atoms with Gasteiger partial charge in [0.05, 0.1) is 0 Å². The van der Waals surface area contributed by atoms with Crippen molar-refractivity contribution in [1.82, 2.24) is 5.32 Å². The standard InChI is InChI=1S/C15H14BrClIN/c1-19-15(10-3-6-13(18)7-4-10)8-11-2-5-12(16)9-14(11)17/h2-7,9,15,19H,8H2,1H3. The fourth-order valence-corrected chi connectivity index (χ4v) is 3.10. The molecule has 0 heterocycles. The van der Waals surface area contributed by atoms with Crippen molar-refractivity contribution in [2.45, 2.75) is 12.5 Å². The molecule has 0 spiro atoms.